The fraction of sp³-hybridized carbons (Fsp3) is 0.400. The smallest absolute Gasteiger partial charge is 0.133 e. The molecule has 0 heterocycles. The number of benzene rings is 1. The Balaban J connectivity index is 2.90. The molecule has 0 aliphatic heterocycles. The molecule has 0 radical (unpaired) electrons. The minimum atomic E-state index is 0.250. The minimum absolute atomic E-state index is 0.250. The van der Waals surface area contributed by atoms with Crippen LogP contribution < -0.4 is 4.74 Å². The Bertz CT molecular complexity index is 269. The van der Waals surface area contributed by atoms with E-state index in [1.807, 2.05) is 13.8 Å². The molecule has 0 unspecified atom stereocenters. The molecule has 0 aliphatic rings. The molecule has 0 aliphatic carbocycles. The summed E-state index contributed by atoms with van der Waals surface area (Å²) < 4.78 is 6.79. The van der Waals surface area contributed by atoms with E-state index in [4.69, 9.17) is 4.74 Å². The van der Waals surface area contributed by atoms with Crippen LogP contribution in [-0.4, -0.2) is 6.10 Å². The third-order valence-electron chi connectivity index (χ3n) is 1.45. The second kappa shape index (κ2) is 4.12. The van der Waals surface area contributed by atoms with Crippen molar-refractivity contribution in [3.63, 3.8) is 0 Å². The average Bonchev–Trinajstić information content (AvgIpc) is 1.96. The Labute approximate surface area is 87.3 Å². The molecule has 0 amide bonds. The van der Waals surface area contributed by atoms with Gasteiger partial charge in [0, 0.05) is 0 Å². The molecule has 0 N–H and O–H groups in total. The fourth-order valence-corrected chi connectivity index (χ4v) is 1.42. The van der Waals surface area contributed by atoms with Crippen LogP contribution in [0.3, 0.4) is 0 Å². The zero-order valence-corrected chi connectivity index (χ0v) is 9.75. The van der Waals surface area contributed by atoms with E-state index >= 15 is 0 Å². The Kier molecular flexibility index (Phi) is 3.38. The van der Waals surface area contributed by atoms with E-state index in [9.17, 15) is 0 Å². The van der Waals surface area contributed by atoms with Crippen LogP contribution in [0.2, 0.25) is 0 Å². The Morgan fingerprint density at radius 3 is 2.58 bits per heavy atom. The minimum Gasteiger partial charge on any atom is -0.490 e. The third kappa shape index (κ3) is 2.66. The molecule has 12 heavy (non-hydrogen) atoms. The van der Waals surface area contributed by atoms with Crippen LogP contribution in [0.25, 0.3) is 0 Å². The molecular weight excluding hydrogens is 263 g/mol. The summed E-state index contributed by atoms with van der Waals surface area (Å²) in [5, 5.41) is 0. The van der Waals surface area contributed by atoms with Gasteiger partial charge in [-0.2, -0.15) is 0 Å². The monoisotopic (exact) mass is 276 g/mol. The van der Waals surface area contributed by atoms with Gasteiger partial charge in [0.05, 0.1) is 9.67 Å². The Morgan fingerprint density at radius 2 is 2.00 bits per heavy atom. The van der Waals surface area contributed by atoms with Crippen LogP contribution in [-0.2, 0) is 0 Å². The third-order valence-corrected chi connectivity index (χ3v) is 2.34. The first-order valence-corrected chi connectivity index (χ1v) is 5.10. The molecule has 0 saturated heterocycles. The zero-order valence-electron chi connectivity index (χ0n) is 7.60. The second-order valence-electron chi connectivity index (χ2n) is 3.10. The van der Waals surface area contributed by atoms with Gasteiger partial charge in [0.15, 0.2) is 0 Å². The molecule has 66 valence electrons. The molecule has 1 nitrogen and oxygen atoms in total. The highest BCUT2D eigenvalue weighted by Gasteiger charge is 2.02. The van der Waals surface area contributed by atoms with Crippen molar-refractivity contribution in [2.75, 3.05) is 0 Å². The van der Waals surface area contributed by atoms with Crippen molar-refractivity contribution in [3.8, 4) is 5.75 Å². The number of aryl methyl sites for hydroxylation is 1. The van der Waals surface area contributed by atoms with Crippen LogP contribution in [0.5, 0.6) is 5.75 Å². The van der Waals surface area contributed by atoms with Gasteiger partial charge < -0.3 is 4.74 Å². The highest BCUT2D eigenvalue weighted by Crippen LogP contribution is 2.22. The lowest BCUT2D eigenvalue weighted by atomic mass is 10.2. The van der Waals surface area contributed by atoms with E-state index in [1.165, 1.54) is 9.13 Å². The van der Waals surface area contributed by atoms with Gasteiger partial charge in [0.25, 0.3) is 0 Å². The fourth-order valence-electron chi connectivity index (χ4n) is 0.955. The summed E-state index contributed by atoms with van der Waals surface area (Å²) in [6.45, 7) is 6.15. The molecular formula is C10H13IO. The zero-order chi connectivity index (χ0) is 9.14. The number of rotatable bonds is 2. The van der Waals surface area contributed by atoms with Gasteiger partial charge in [-0.3, -0.25) is 0 Å². The SMILES string of the molecule is Cc1ccc(I)c(OC(C)C)c1. The molecule has 1 aromatic carbocycles. The van der Waals surface area contributed by atoms with E-state index in [0.717, 1.165) is 5.75 Å². The molecule has 0 aromatic heterocycles. The van der Waals surface area contributed by atoms with Crippen molar-refractivity contribution >= 4 is 22.6 Å². The lowest BCUT2D eigenvalue weighted by molar-refractivity contribution is 0.240. The van der Waals surface area contributed by atoms with Gasteiger partial charge >= 0.3 is 0 Å². The van der Waals surface area contributed by atoms with Crippen LogP contribution in [0, 0.1) is 10.5 Å². The maximum absolute atomic E-state index is 5.62. The van der Waals surface area contributed by atoms with Crippen LogP contribution in [0.1, 0.15) is 19.4 Å². The van der Waals surface area contributed by atoms with Crippen molar-refractivity contribution in [2.24, 2.45) is 0 Å². The summed E-state index contributed by atoms with van der Waals surface area (Å²) in [5.41, 5.74) is 1.24. The molecule has 0 fully saturated rings. The van der Waals surface area contributed by atoms with E-state index in [-0.39, 0.29) is 6.10 Å². The largest absolute Gasteiger partial charge is 0.490 e. The van der Waals surface area contributed by atoms with Gasteiger partial charge in [0.1, 0.15) is 5.75 Å². The number of ether oxygens (including phenoxy) is 1. The van der Waals surface area contributed by atoms with Crippen molar-refractivity contribution < 1.29 is 4.74 Å². The van der Waals surface area contributed by atoms with Crippen LogP contribution >= 0.6 is 22.6 Å². The summed E-state index contributed by atoms with van der Waals surface area (Å²) in [6.07, 6.45) is 0.250. The summed E-state index contributed by atoms with van der Waals surface area (Å²) in [5.74, 6) is 0.991. The molecule has 1 aromatic rings. The summed E-state index contributed by atoms with van der Waals surface area (Å²) in [6, 6.07) is 6.24. The van der Waals surface area contributed by atoms with Crippen molar-refractivity contribution in [3.05, 3.63) is 27.3 Å². The first-order chi connectivity index (χ1) is 5.59. The Hall–Kier alpha value is -0.250. The average molecular weight is 276 g/mol. The lowest BCUT2D eigenvalue weighted by Crippen LogP contribution is -2.06. The topological polar surface area (TPSA) is 9.23 Å². The van der Waals surface area contributed by atoms with Crippen molar-refractivity contribution in [1.29, 1.82) is 0 Å². The standard InChI is InChI=1S/C10H13IO/c1-7(2)12-10-6-8(3)4-5-9(10)11/h4-7H,1-3H3. The molecule has 0 spiro atoms. The summed E-state index contributed by atoms with van der Waals surface area (Å²) in [7, 11) is 0. The van der Waals surface area contributed by atoms with Gasteiger partial charge in [0.2, 0.25) is 0 Å². The molecule has 0 atom stereocenters. The van der Waals surface area contributed by atoms with Gasteiger partial charge in [-0.15, -0.1) is 0 Å². The van der Waals surface area contributed by atoms with Gasteiger partial charge in [-0.05, 0) is 61.1 Å². The van der Waals surface area contributed by atoms with E-state index < -0.39 is 0 Å². The van der Waals surface area contributed by atoms with E-state index in [2.05, 4.69) is 47.7 Å². The van der Waals surface area contributed by atoms with Crippen molar-refractivity contribution in [1.82, 2.24) is 0 Å². The summed E-state index contributed by atoms with van der Waals surface area (Å²) in [4.78, 5) is 0. The van der Waals surface area contributed by atoms with Crippen molar-refractivity contribution in [2.45, 2.75) is 26.9 Å². The second-order valence-corrected chi connectivity index (χ2v) is 4.26. The Morgan fingerprint density at radius 1 is 1.33 bits per heavy atom. The molecule has 2 heteroatoms. The molecule has 0 bridgehead atoms. The maximum Gasteiger partial charge on any atom is 0.133 e. The van der Waals surface area contributed by atoms with E-state index in [0.29, 0.717) is 0 Å². The summed E-state index contributed by atoms with van der Waals surface area (Å²) >= 11 is 2.29. The highest BCUT2D eigenvalue weighted by atomic mass is 127. The molecule has 1 rings (SSSR count). The number of hydrogen-bond acceptors (Lipinski definition) is 1. The lowest BCUT2D eigenvalue weighted by Gasteiger charge is -2.11. The normalized spacial score (nSPS) is 10.4. The van der Waals surface area contributed by atoms with Gasteiger partial charge in [-0.1, -0.05) is 6.07 Å². The number of hydrogen-bond donors (Lipinski definition) is 0. The first-order valence-electron chi connectivity index (χ1n) is 4.02. The van der Waals surface area contributed by atoms with Crippen LogP contribution in [0.15, 0.2) is 18.2 Å². The predicted octanol–water partition coefficient (Wildman–Crippen LogP) is 3.39. The highest BCUT2D eigenvalue weighted by molar-refractivity contribution is 14.1. The molecule has 0 saturated carbocycles. The predicted molar refractivity (Wildman–Crippen MR) is 59.7 cm³/mol. The first kappa shape index (κ1) is 9.84. The number of halogens is 1. The van der Waals surface area contributed by atoms with E-state index in [1.54, 1.807) is 0 Å². The quantitative estimate of drug-likeness (QED) is 0.752. The maximum atomic E-state index is 5.62. The van der Waals surface area contributed by atoms with Crippen LogP contribution in [0.4, 0.5) is 0 Å². The van der Waals surface area contributed by atoms with Gasteiger partial charge in [-0.25, -0.2) is 0 Å².